The minimum absolute atomic E-state index is 0.544. The molecule has 2 nitrogen and oxygen atoms in total. The molecule has 1 N–H and O–H groups in total. The Bertz CT molecular complexity index is 132. The van der Waals surface area contributed by atoms with Gasteiger partial charge < -0.3 is 10.1 Å². The van der Waals surface area contributed by atoms with E-state index in [1.165, 1.54) is 38.6 Å². The van der Waals surface area contributed by atoms with E-state index in [1.807, 2.05) is 7.11 Å². The fourth-order valence-electron chi connectivity index (χ4n) is 2.28. The number of nitrogens with one attached hydrogen (secondary N) is 1. The summed E-state index contributed by atoms with van der Waals surface area (Å²) < 4.78 is 5.33. The van der Waals surface area contributed by atoms with Gasteiger partial charge in [0.25, 0.3) is 0 Å². The zero-order chi connectivity index (χ0) is 7.73. The minimum atomic E-state index is 0.544. The summed E-state index contributed by atoms with van der Waals surface area (Å²) in [4.78, 5) is 0. The van der Waals surface area contributed by atoms with Crippen LogP contribution in [0, 0.1) is 0 Å². The van der Waals surface area contributed by atoms with Crippen molar-refractivity contribution in [1.82, 2.24) is 5.32 Å². The molecule has 64 valence electrons. The summed E-state index contributed by atoms with van der Waals surface area (Å²) in [6, 6.07) is 0. The van der Waals surface area contributed by atoms with Gasteiger partial charge in [-0.1, -0.05) is 0 Å². The van der Waals surface area contributed by atoms with Crippen LogP contribution in [0.15, 0.2) is 0 Å². The van der Waals surface area contributed by atoms with E-state index in [0.717, 1.165) is 0 Å². The Morgan fingerprint density at radius 1 is 1.27 bits per heavy atom. The monoisotopic (exact) mass is 155 g/mol. The fourth-order valence-corrected chi connectivity index (χ4v) is 2.28. The largest absolute Gasteiger partial charge is 0.381 e. The maximum Gasteiger partial charge on any atom is 0.0572 e. The Kier molecular flexibility index (Phi) is 1.90. The van der Waals surface area contributed by atoms with Gasteiger partial charge in [0.05, 0.1) is 6.10 Å². The predicted molar refractivity (Wildman–Crippen MR) is 44.6 cm³/mol. The van der Waals surface area contributed by atoms with Gasteiger partial charge in [-0.05, 0) is 38.6 Å². The van der Waals surface area contributed by atoms with E-state index >= 15 is 0 Å². The second kappa shape index (κ2) is 2.76. The van der Waals surface area contributed by atoms with Crippen LogP contribution in [0.5, 0.6) is 0 Å². The topological polar surface area (TPSA) is 21.3 Å². The maximum absolute atomic E-state index is 5.33. The highest BCUT2D eigenvalue weighted by Crippen LogP contribution is 2.36. The van der Waals surface area contributed by atoms with Crippen molar-refractivity contribution in [2.24, 2.45) is 0 Å². The van der Waals surface area contributed by atoms with Crippen LogP contribution in [0.25, 0.3) is 0 Å². The molecule has 0 aromatic carbocycles. The lowest BCUT2D eigenvalue weighted by Gasteiger charge is -2.47. The summed E-state index contributed by atoms with van der Waals surface area (Å²) in [7, 11) is 1.83. The van der Waals surface area contributed by atoms with Crippen LogP contribution in [-0.4, -0.2) is 25.3 Å². The van der Waals surface area contributed by atoms with Crippen LogP contribution >= 0.6 is 0 Å². The molecule has 0 aromatic rings. The van der Waals surface area contributed by atoms with Gasteiger partial charge >= 0.3 is 0 Å². The average Bonchev–Trinajstić information content (AvgIpc) is 2.02. The molecule has 1 heterocycles. The molecule has 1 spiro atoms. The number of methoxy groups -OCH3 is 1. The molecular weight excluding hydrogens is 138 g/mol. The number of ether oxygens (including phenoxy) is 1. The van der Waals surface area contributed by atoms with E-state index in [4.69, 9.17) is 4.74 Å². The Morgan fingerprint density at radius 3 is 2.27 bits per heavy atom. The highest BCUT2D eigenvalue weighted by Gasteiger charge is 2.39. The van der Waals surface area contributed by atoms with E-state index in [9.17, 15) is 0 Å². The summed E-state index contributed by atoms with van der Waals surface area (Å²) in [6.07, 6.45) is 7.09. The molecule has 1 aliphatic heterocycles. The van der Waals surface area contributed by atoms with Gasteiger partial charge in [0.2, 0.25) is 0 Å². The maximum atomic E-state index is 5.33. The molecule has 0 radical (unpaired) electrons. The molecule has 0 amide bonds. The van der Waals surface area contributed by atoms with Crippen LogP contribution in [0.1, 0.15) is 32.1 Å². The van der Waals surface area contributed by atoms with E-state index in [1.54, 1.807) is 0 Å². The van der Waals surface area contributed by atoms with E-state index in [2.05, 4.69) is 5.32 Å². The second-order valence-electron chi connectivity index (χ2n) is 3.89. The van der Waals surface area contributed by atoms with Crippen molar-refractivity contribution in [3.8, 4) is 0 Å². The zero-order valence-corrected chi connectivity index (χ0v) is 7.23. The van der Waals surface area contributed by atoms with Gasteiger partial charge in [0.15, 0.2) is 0 Å². The standard InChI is InChI=1S/C9H17NO/c1-11-8-2-4-9(5-3-8)6-7-10-9/h8,10H,2-7H2,1H3. The summed E-state index contributed by atoms with van der Waals surface area (Å²) in [5, 5.41) is 3.55. The molecule has 0 aromatic heterocycles. The third kappa shape index (κ3) is 1.30. The molecule has 11 heavy (non-hydrogen) atoms. The first-order chi connectivity index (χ1) is 5.35. The van der Waals surface area contributed by atoms with Gasteiger partial charge in [0, 0.05) is 12.6 Å². The quantitative estimate of drug-likeness (QED) is 0.616. The van der Waals surface area contributed by atoms with Crippen LogP contribution in [0.2, 0.25) is 0 Å². The minimum Gasteiger partial charge on any atom is -0.381 e. The normalized spacial score (nSPS) is 43.9. The van der Waals surface area contributed by atoms with Crippen molar-refractivity contribution >= 4 is 0 Å². The lowest BCUT2D eigenvalue weighted by Crippen LogP contribution is -2.58. The van der Waals surface area contributed by atoms with Crippen molar-refractivity contribution in [2.75, 3.05) is 13.7 Å². The highest BCUT2D eigenvalue weighted by molar-refractivity contribution is 4.99. The third-order valence-electron chi connectivity index (χ3n) is 3.33. The Hall–Kier alpha value is -0.0800. The first-order valence-corrected chi connectivity index (χ1v) is 4.62. The molecule has 1 aliphatic carbocycles. The molecule has 0 atom stereocenters. The molecule has 0 bridgehead atoms. The van der Waals surface area contributed by atoms with Crippen molar-refractivity contribution in [2.45, 2.75) is 43.7 Å². The van der Waals surface area contributed by atoms with Gasteiger partial charge in [-0.3, -0.25) is 0 Å². The zero-order valence-electron chi connectivity index (χ0n) is 7.23. The Morgan fingerprint density at radius 2 is 1.91 bits per heavy atom. The van der Waals surface area contributed by atoms with Crippen molar-refractivity contribution < 1.29 is 4.74 Å². The lowest BCUT2D eigenvalue weighted by molar-refractivity contribution is 0.0221. The lowest BCUT2D eigenvalue weighted by atomic mass is 9.74. The van der Waals surface area contributed by atoms with Gasteiger partial charge in [0.1, 0.15) is 0 Å². The van der Waals surface area contributed by atoms with Crippen molar-refractivity contribution in [3.05, 3.63) is 0 Å². The van der Waals surface area contributed by atoms with Gasteiger partial charge in [-0.25, -0.2) is 0 Å². The molecule has 1 saturated heterocycles. The smallest absolute Gasteiger partial charge is 0.0572 e. The molecule has 2 fully saturated rings. The van der Waals surface area contributed by atoms with Gasteiger partial charge in [-0.2, -0.15) is 0 Å². The second-order valence-corrected chi connectivity index (χ2v) is 3.89. The SMILES string of the molecule is COC1CCC2(CCN2)CC1. The molecule has 2 heteroatoms. The summed E-state index contributed by atoms with van der Waals surface area (Å²) in [5.74, 6) is 0. The molecule has 2 aliphatic rings. The van der Waals surface area contributed by atoms with Crippen LogP contribution in [0.3, 0.4) is 0 Å². The molecule has 2 rings (SSSR count). The highest BCUT2D eigenvalue weighted by atomic mass is 16.5. The van der Waals surface area contributed by atoms with Crippen LogP contribution in [-0.2, 0) is 4.74 Å². The summed E-state index contributed by atoms with van der Waals surface area (Å²) in [5.41, 5.74) is 0.551. The number of hydrogen-bond acceptors (Lipinski definition) is 2. The number of hydrogen-bond donors (Lipinski definition) is 1. The first-order valence-electron chi connectivity index (χ1n) is 4.62. The number of rotatable bonds is 1. The predicted octanol–water partition coefficient (Wildman–Crippen LogP) is 1.31. The molecule has 0 unspecified atom stereocenters. The summed E-state index contributed by atoms with van der Waals surface area (Å²) >= 11 is 0. The van der Waals surface area contributed by atoms with Crippen LogP contribution < -0.4 is 5.32 Å². The fraction of sp³-hybridized carbons (Fsp3) is 1.00. The van der Waals surface area contributed by atoms with Crippen molar-refractivity contribution in [3.63, 3.8) is 0 Å². The Balaban J connectivity index is 1.84. The van der Waals surface area contributed by atoms with Gasteiger partial charge in [-0.15, -0.1) is 0 Å². The van der Waals surface area contributed by atoms with E-state index < -0.39 is 0 Å². The van der Waals surface area contributed by atoms with E-state index in [-0.39, 0.29) is 0 Å². The average molecular weight is 155 g/mol. The van der Waals surface area contributed by atoms with E-state index in [0.29, 0.717) is 11.6 Å². The first kappa shape index (κ1) is 7.56. The third-order valence-corrected chi connectivity index (χ3v) is 3.33. The Labute approximate surface area is 68.3 Å². The summed E-state index contributed by atoms with van der Waals surface area (Å²) in [6.45, 7) is 1.23. The van der Waals surface area contributed by atoms with Crippen LogP contribution in [0.4, 0.5) is 0 Å². The molecule has 1 saturated carbocycles. The molecular formula is C9H17NO. The van der Waals surface area contributed by atoms with Crippen molar-refractivity contribution in [1.29, 1.82) is 0 Å².